The van der Waals surface area contributed by atoms with E-state index in [0.29, 0.717) is 43.2 Å². The number of carbonyl (C=O) groups is 2. The largest absolute Gasteiger partial charge is 0.494 e. The minimum atomic E-state index is -1.51. The van der Waals surface area contributed by atoms with Gasteiger partial charge in [-0.3, -0.25) is 4.79 Å². The molecule has 0 fully saturated rings. The molecular formula is C29H38N2O6. The summed E-state index contributed by atoms with van der Waals surface area (Å²) in [5, 5.41) is 18.4. The zero-order valence-electron chi connectivity index (χ0n) is 22.3. The van der Waals surface area contributed by atoms with E-state index in [2.05, 4.69) is 6.07 Å². The lowest BCUT2D eigenvalue weighted by Gasteiger charge is -2.26. The highest BCUT2D eigenvalue weighted by molar-refractivity contribution is 5.97. The van der Waals surface area contributed by atoms with Crippen LogP contribution in [0.4, 0.5) is 0 Å². The minimum Gasteiger partial charge on any atom is -0.494 e. The van der Waals surface area contributed by atoms with Gasteiger partial charge in [0.05, 0.1) is 30.4 Å². The Bertz CT molecular complexity index is 1050. The van der Waals surface area contributed by atoms with Gasteiger partial charge in [-0.05, 0) is 82.3 Å². The van der Waals surface area contributed by atoms with Crippen LogP contribution in [0.25, 0.3) is 0 Å². The van der Waals surface area contributed by atoms with Crippen LogP contribution in [0.1, 0.15) is 75.7 Å². The molecule has 0 aliphatic rings. The van der Waals surface area contributed by atoms with Gasteiger partial charge in [-0.15, -0.1) is 0 Å². The van der Waals surface area contributed by atoms with Crippen molar-refractivity contribution in [2.45, 2.75) is 65.4 Å². The molecule has 2 rings (SSSR count). The Hall–Kier alpha value is -3.73. The highest BCUT2D eigenvalue weighted by Crippen LogP contribution is 2.30. The normalized spacial score (nSPS) is 10.9. The minimum absolute atomic E-state index is 0.186. The quantitative estimate of drug-likeness (QED) is 0.289. The van der Waals surface area contributed by atoms with Crippen molar-refractivity contribution >= 4 is 11.9 Å². The molecule has 200 valence electrons. The highest BCUT2D eigenvalue weighted by Gasteiger charge is 2.32. The predicted octanol–water partition coefficient (Wildman–Crippen LogP) is 5.69. The van der Waals surface area contributed by atoms with Gasteiger partial charge in [0.15, 0.2) is 5.60 Å². The van der Waals surface area contributed by atoms with Crippen molar-refractivity contribution in [3.63, 3.8) is 0 Å². The number of nitriles is 1. The van der Waals surface area contributed by atoms with Crippen LogP contribution in [0.15, 0.2) is 42.5 Å². The topological polar surface area (TPSA) is 109 Å². The van der Waals surface area contributed by atoms with Crippen molar-refractivity contribution in [1.29, 1.82) is 5.26 Å². The van der Waals surface area contributed by atoms with Crippen LogP contribution in [0.3, 0.4) is 0 Å². The zero-order valence-corrected chi connectivity index (χ0v) is 22.3. The summed E-state index contributed by atoms with van der Waals surface area (Å²) in [5.74, 6) is 0.133. The van der Waals surface area contributed by atoms with Crippen LogP contribution >= 0.6 is 0 Å². The SMILES string of the molecule is CCCN(CCC)C(=O)c1ccc(OCCCCCOc2ccc(C#N)cc2)cc1OC(C)(C)C(=O)O. The van der Waals surface area contributed by atoms with E-state index < -0.39 is 11.6 Å². The first-order chi connectivity index (χ1) is 17.7. The molecule has 2 aromatic rings. The van der Waals surface area contributed by atoms with E-state index in [4.69, 9.17) is 19.5 Å². The molecule has 0 atom stereocenters. The average Bonchev–Trinajstić information content (AvgIpc) is 2.88. The number of ether oxygens (including phenoxy) is 3. The number of unbranched alkanes of at least 4 members (excludes halogenated alkanes) is 2. The molecule has 0 spiro atoms. The van der Waals surface area contributed by atoms with Crippen molar-refractivity contribution < 1.29 is 28.9 Å². The van der Waals surface area contributed by atoms with Gasteiger partial charge in [-0.1, -0.05) is 13.8 Å². The number of hydrogen-bond acceptors (Lipinski definition) is 6. The lowest BCUT2D eigenvalue weighted by Crippen LogP contribution is -2.39. The van der Waals surface area contributed by atoms with E-state index in [9.17, 15) is 14.7 Å². The van der Waals surface area contributed by atoms with E-state index in [1.807, 2.05) is 13.8 Å². The molecule has 8 nitrogen and oxygen atoms in total. The lowest BCUT2D eigenvalue weighted by atomic mass is 10.1. The van der Waals surface area contributed by atoms with Gasteiger partial charge in [0.1, 0.15) is 17.2 Å². The number of aliphatic carboxylic acids is 1. The summed E-state index contributed by atoms with van der Waals surface area (Å²) in [6.45, 7) is 9.18. The van der Waals surface area contributed by atoms with E-state index in [-0.39, 0.29) is 11.7 Å². The summed E-state index contributed by atoms with van der Waals surface area (Å²) in [7, 11) is 0. The molecule has 0 radical (unpaired) electrons. The van der Waals surface area contributed by atoms with E-state index in [1.54, 1.807) is 47.4 Å². The first-order valence-corrected chi connectivity index (χ1v) is 12.8. The van der Waals surface area contributed by atoms with Gasteiger partial charge in [0.25, 0.3) is 5.91 Å². The van der Waals surface area contributed by atoms with Gasteiger partial charge in [0.2, 0.25) is 0 Å². The second-order valence-corrected chi connectivity index (χ2v) is 9.26. The van der Waals surface area contributed by atoms with Gasteiger partial charge in [0, 0.05) is 19.2 Å². The van der Waals surface area contributed by atoms with Crippen molar-refractivity contribution in [3.8, 4) is 23.3 Å². The maximum atomic E-state index is 13.2. The molecule has 2 aromatic carbocycles. The molecule has 8 heteroatoms. The van der Waals surface area contributed by atoms with Crippen LogP contribution < -0.4 is 14.2 Å². The number of benzene rings is 2. The third-order valence-electron chi connectivity index (χ3n) is 5.65. The number of carboxylic acids is 1. The Balaban J connectivity index is 1.97. The molecule has 1 N–H and O–H groups in total. The number of hydrogen-bond donors (Lipinski definition) is 1. The number of rotatable bonds is 16. The summed E-state index contributed by atoms with van der Waals surface area (Å²) in [4.78, 5) is 26.7. The third-order valence-corrected chi connectivity index (χ3v) is 5.65. The Morgan fingerprint density at radius 3 is 2.03 bits per heavy atom. The monoisotopic (exact) mass is 510 g/mol. The number of amides is 1. The van der Waals surface area contributed by atoms with Crippen molar-refractivity contribution in [3.05, 3.63) is 53.6 Å². The Kier molecular flexibility index (Phi) is 11.8. The first-order valence-electron chi connectivity index (χ1n) is 12.8. The molecule has 0 saturated heterocycles. The summed E-state index contributed by atoms with van der Waals surface area (Å²) >= 11 is 0. The lowest BCUT2D eigenvalue weighted by molar-refractivity contribution is -0.152. The van der Waals surface area contributed by atoms with Gasteiger partial charge >= 0.3 is 5.97 Å². The fourth-order valence-corrected chi connectivity index (χ4v) is 3.58. The molecule has 0 heterocycles. The number of nitrogens with zero attached hydrogens (tertiary/aromatic N) is 2. The summed E-state index contributed by atoms with van der Waals surface area (Å²) in [6, 6.07) is 14.1. The summed E-state index contributed by atoms with van der Waals surface area (Å²) < 4.78 is 17.4. The van der Waals surface area contributed by atoms with Crippen LogP contribution in [0.2, 0.25) is 0 Å². The molecule has 1 amide bonds. The van der Waals surface area contributed by atoms with E-state index in [0.717, 1.165) is 37.9 Å². The molecule has 0 aliphatic carbocycles. The third kappa shape index (κ3) is 9.34. The average molecular weight is 511 g/mol. The van der Waals surface area contributed by atoms with Gasteiger partial charge in [-0.2, -0.15) is 5.26 Å². The molecule has 0 unspecified atom stereocenters. The fourth-order valence-electron chi connectivity index (χ4n) is 3.58. The number of carboxylic acid groups (broad SMARTS) is 1. The summed E-state index contributed by atoms with van der Waals surface area (Å²) in [5.41, 5.74) is -0.590. The molecule has 0 aromatic heterocycles. The highest BCUT2D eigenvalue weighted by atomic mass is 16.5. The Morgan fingerprint density at radius 1 is 0.919 bits per heavy atom. The standard InChI is InChI=1S/C29H38N2O6/c1-5-16-31(17-6-2)27(32)25-15-14-24(20-26(25)37-29(3,4)28(33)34)36-19-9-7-8-18-35-23-12-10-22(21-30)11-13-23/h10-15,20H,5-9,16-19H2,1-4H3,(H,33,34). The van der Waals surface area contributed by atoms with E-state index in [1.165, 1.54) is 13.8 Å². The second kappa shape index (κ2) is 14.7. The smallest absolute Gasteiger partial charge is 0.347 e. The fraction of sp³-hybridized carbons (Fsp3) is 0.483. The Labute approximate surface area is 219 Å². The zero-order chi connectivity index (χ0) is 27.3. The number of carbonyl (C=O) groups excluding carboxylic acids is 1. The van der Waals surface area contributed by atoms with Crippen LogP contribution in [0, 0.1) is 11.3 Å². The van der Waals surface area contributed by atoms with Crippen molar-refractivity contribution in [2.24, 2.45) is 0 Å². The van der Waals surface area contributed by atoms with Crippen LogP contribution in [0.5, 0.6) is 17.2 Å². The molecule has 37 heavy (non-hydrogen) atoms. The summed E-state index contributed by atoms with van der Waals surface area (Å²) in [6.07, 6.45) is 4.19. The van der Waals surface area contributed by atoms with Gasteiger partial charge < -0.3 is 24.2 Å². The van der Waals surface area contributed by atoms with Gasteiger partial charge in [-0.25, -0.2) is 4.79 Å². The second-order valence-electron chi connectivity index (χ2n) is 9.26. The van der Waals surface area contributed by atoms with Crippen molar-refractivity contribution in [2.75, 3.05) is 26.3 Å². The van der Waals surface area contributed by atoms with Crippen molar-refractivity contribution in [1.82, 2.24) is 4.90 Å². The molecular weight excluding hydrogens is 472 g/mol. The maximum Gasteiger partial charge on any atom is 0.347 e. The predicted molar refractivity (Wildman–Crippen MR) is 141 cm³/mol. The van der Waals surface area contributed by atoms with E-state index >= 15 is 0 Å². The molecule has 0 saturated carbocycles. The molecule has 0 aliphatic heterocycles. The first kappa shape index (κ1) is 29.5. The van der Waals surface area contributed by atoms with Crippen LogP contribution in [-0.2, 0) is 4.79 Å². The Morgan fingerprint density at radius 2 is 1.49 bits per heavy atom. The molecule has 0 bridgehead atoms. The van der Waals surface area contributed by atoms with Crippen LogP contribution in [-0.4, -0.2) is 53.8 Å². The maximum absolute atomic E-state index is 13.2.